The Morgan fingerprint density at radius 2 is 1.82 bits per heavy atom. The highest BCUT2D eigenvalue weighted by molar-refractivity contribution is 9.10. The maximum absolute atomic E-state index is 13.6. The van der Waals surface area contributed by atoms with Gasteiger partial charge < -0.3 is 16.0 Å². The number of anilines is 3. The fourth-order valence-electron chi connectivity index (χ4n) is 4.81. The zero-order valence-corrected chi connectivity index (χ0v) is 25.0. The van der Waals surface area contributed by atoms with E-state index < -0.39 is 17.6 Å². The van der Waals surface area contributed by atoms with Crippen molar-refractivity contribution in [1.82, 2.24) is 20.6 Å². The predicted molar refractivity (Wildman–Crippen MR) is 167 cm³/mol. The Morgan fingerprint density at radius 3 is 2.45 bits per heavy atom. The van der Waals surface area contributed by atoms with E-state index in [4.69, 9.17) is 5.73 Å². The number of hydrogen-bond acceptors (Lipinski definition) is 6. The van der Waals surface area contributed by atoms with Gasteiger partial charge in [0, 0.05) is 21.4 Å². The van der Waals surface area contributed by atoms with Gasteiger partial charge in [0.05, 0.1) is 18.8 Å². The van der Waals surface area contributed by atoms with Crippen molar-refractivity contribution in [3.63, 3.8) is 0 Å². The summed E-state index contributed by atoms with van der Waals surface area (Å²) in [6.07, 6.45) is 2.13. The van der Waals surface area contributed by atoms with Crippen LogP contribution in [0.3, 0.4) is 0 Å². The highest BCUT2D eigenvalue weighted by Gasteiger charge is 2.31. The minimum Gasteiger partial charge on any atom is -0.326 e. The van der Waals surface area contributed by atoms with Crippen LogP contribution in [0.2, 0.25) is 0 Å². The lowest BCUT2D eigenvalue weighted by molar-refractivity contribution is -0.137. The lowest BCUT2D eigenvalue weighted by atomic mass is 9.93. The summed E-state index contributed by atoms with van der Waals surface area (Å²) in [6, 6.07) is 18.4. The normalized spacial score (nSPS) is 13.8. The van der Waals surface area contributed by atoms with Gasteiger partial charge in [0.25, 0.3) is 11.9 Å². The molecule has 0 bridgehead atoms. The lowest BCUT2D eigenvalue weighted by Crippen LogP contribution is -2.37. The number of nitrogens with two attached hydrogens (primary N) is 1. The number of carbonyl (C=O) groups is 1. The molecule has 0 saturated heterocycles. The minimum atomic E-state index is -4.54. The van der Waals surface area contributed by atoms with E-state index in [1.54, 1.807) is 24.3 Å². The van der Waals surface area contributed by atoms with Crippen LogP contribution in [0.25, 0.3) is 5.57 Å². The second-order valence-electron chi connectivity index (χ2n) is 10.0. The molecular weight excluding hydrogens is 639 g/mol. The molecule has 228 valence electrons. The maximum atomic E-state index is 13.6. The number of alkyl halides is 3. The molecule has 1 amide bonds. The van der Waals surface area contributed by atoms with E-state index in [0.29, 0.717) is 5.56 Å². The summed E-state index contributed by atoms with van der Waals surface area (Å²) in [7, 11) is 0. The van der Waals surface area contributed by atoms with Crippen LogP contribution in [0, 0.1) is 0 Å². The first-order valence-corrected chi connectivity index (χ1v) is 14.6. The van der Waals surface area contributed by atoms with Crippen LogP contribution in [0.4, 0.5) is 30.5 Å². The van der Waals surface area contributed by atoms with E-state index >= 15 is 0 Å². The number of guanidine groups is 1. The fraction of sp³-hybridized carbons (Fsp3) is 0.233. The highest BCUT2D eigenvalue weighted by Crippen LogP contribution is 2.34. The summed E-state index contributed by atoms with van der Waals surface area (Å²) in [6.45, 7) is 0.153. The fourth-order valence-corrected chi connectivity index (χ4v) is 5.30. The number of amides is 1. The molecule has 3 aromatic carbocycles. The van der Waals surface area contributed by atoms with Crippen molar-refractivity contribution in [3.8, 4) is 0 Å². The smallest absolute Gasteiger partial charge is 0.326 e. The number of nitrogens with zero attached hydrogens (tertiary/aromatic N) is 5. The van der Waals surface area contributed by atoms with Crippen LogP contribution in [-0.2, 0) is 12.7 Å². The van der Waals surface area contributed by atoms with Crippen LogP contribution >= 0.6 is 15.9 Å². The number of rotatable bonds is 8. The third-order valence-electron chi connectivity index (χ3n) is 6.95. The van der Waals surface area contributed by atoms with Crippen LogP contribution in [-0.4, -0.2) is 39.2 Å². The topological polar surface area (TPSA) is 137 Å². The number of aliphatic imine (C=N–C) groups is 1. The average molecular weight is 669 g/mol. The molecule has 0 radical (unpaired) electrons. The van der Waals surface area contributed by atoms with Gasteiger partial charge in [0.15, 0.2) is 0 Å². The molecule has 0 aliphatic heterocycles. The third kappa shape index (κ3) is 7.88. The van der Waals surface area contributed by atoms with Crippen molar-refractivity contribution in [1.29, 1.82) is 0 Å². The van der Waals surface area contributed by atoms with E-state index in [-0.39, 0.29) is 35.3 Å². The number of allylic oxidation sites excluding steroid dienone is 2. The number of nitrogens with one attached hydrogen (secondary N) is 3. The first kappa shape index (κ1) is 30.9. The number of aromatic amines is 1. The van der Waals surface area contributed by atoms with Crippen molar-refractivity contribution in [2.24, 2.45) is 10.7 Å². The molecule has 0 atom stereocenters. The van der Waals surface area contributed by atoms with Crippen LogP contribution in [0.15, 0.2) is 82.3 Å². The molecule has 0 unspecified atom stereocenters. The molecule has 5 rings (SSSR count). The van der Waals surface area contributed by atoms with Crippen LogP contribution in [0.5, 0.6) is 0 Å². The first-order valence-electron chi connectivity index (χ1n) is 13.8. The first-order chi connectivity index (χ1) is 21.2. The molecule has 1 aromatic heterocycles. The van der Waals surface area contributed by atoms with Crippen molar-refractivity contribution >= 4 is 50.7 Å². The number of halogens is 4. The molecule has 1 heterocycles. The molecule has 1 aliphatic rings. The number of carbonyl (C=O) groups excluding carboxylic acids is 1. The van der Waals surface area contributed by atoms with Gasteiger partial charge >= 0.3 is 6.18 Å². The van der Waals surface area contributed by atoms with Crippen molar-refractivity contribution in [2.75, 3.05) is 22.2 Å². The van der Waals surface area contributed by atoms with Crippen molar-refractivity contribution in [3.05, 3.63) is 99.5 Å². The van der Waals surface area contributed by atoms with E-state index in [2.05, 4.69) is 58.3 Å². The molecule has 4 aromatic rings. The number of aromatic nitrogens is 4. The van der Waals surface area contributed by atoms with Gasteiger partial charge in [0.2, 0.25) is 5.96 Å². The molecule has 0 fully saturated rings. The Labute approximate surface area is 259 Å². The largest absolute Gasteiger partial charge is 0.416 e. The summed E-state index contributed by atoms with van der Waals surface area (Å²) in [4.78, 5) is 18.8. The Morgan fingerprint density at radius 1 is 1.05 bits per heavy atom. The Balaban J connectivity index is 1.45. The summed E-state index contributed by atoms with van der Waals surface area (Å²) in [5, 5.41) is 18.7. The second-order valence-corrected chi connectivity index (χ2v) is 10.9. The molecule has 44 heavy (non-hydrogen) atoms. The Bertz CT molecular complexity index is 1640. The van der Waals surface area contributed by atoms with E-state index in [1.165, 1.54) is 18.1 Å². The summed E-state index contributed by atoms with van der Waals surface area (Å²) in [5.41, 5.74) is 9.55. The molecule has 1 aliphatic carbocycles. The zero-order valence-electron chi connectivity index (χ0n) is 23.4. The number of H-pyrrole nitrogens is 1. The van der Waals surface area contributed by atoms with E-state index in [1.807, 2.05) is 29.2 Å². The van der Waals surface area contributed by atoms with Gasteiger partial charge in [-0.3, -0.25) is 10.1 Å². The van der Waals surface area contributed by atoms with Gasteiger partial charge in [-0.2, -0.15) is 18.4 Å². The molecule has 0 spiro atoms. The number of hydrogen-bond donors (Lipinski definition) is 4. The summed E-state index contributed by atoms with van der Waals surface area (Å²) < 4.78 is 41.0. The maximum Gasteiger partial charge on any atom is 0.416 e. The van der Waals surface area contributed by atoms with E-state index in [9.17, 15) is 18.0 Å². The highest BCUT2D eigenvalue weighted by atomic mass is 79.9. The van der Waals surface area contributed by atoms with Crippen LogP contribution in [0.1, 0.15) is 52.7 Å². The minimum absolute atomic E-state index is 0.0487. The Hall–Kier alpha value is -4.56. The van der Waals surface area contributed by atoms with Gasteiger partial charge in [-0.1, -0.05) is 51.4 Å². The summed E-state index contributed by atoms with van der Waals surface area (Å²) >= 11 is 3.18. The molecule has 14 heteroatoms. The molecule has 0 saturated carbocycles. The SMILES string of the molecule is NC/N=C(/Nc1cc(Br)cc(C(F)(F)F)c1)N(Cc1ccc(C(=O)Nc2nn[nH]n2)cc1)c1ccc(C2=CCCCC2)cc1. The van der Waals surface area contributed by atoms with Gasteiger partial charge in [-0.05, 0) is 90.1 Å². The average Bonchev–Trinajstić information content (AvgIpc) is 3.53. The standard InChI is InChI=1S/C30H29BrF3N9O/c31-24-14-23(30(32,33)34)15-25(16-24)37-29(36-18-35)43(26-12-10-21(11-13-26)20-4-2-1-3-5-20)17-19-6-8-22(9-7-19)27(44)38-28-39-41-42-40-28/h4,6-16H,1-3,5,17-18,35H2,(H,36,37)(H2,38,39,40,41,42,44). The van der Waals surface area contributed by atoms with Gasteiger partial charge in [-0.15, -0.1) is 5.10 Å². The third-order valence-corrected chi connectivity index (χ3v) is 7.40. The quantitative estimate of drug-likeness (QED) is 0.123. The van der Waals surface area contributed by atoms with E-state index in [0.717, 1.165) is 48.2 Å². The second kappa shape index (κ2) is 13.8. The number of benzene rings is 3. The zero-order chi connectivity index (χ0) is 31.1. The van der Waals surface area contributed by atoms with Crippen molar-refractivity contribution < 1.29 is 18.0 Å². The molecule has 10 nitrogen and oxygen atoms in total. The predicted octanol–water partition coefficient (Wildman–Crippen LogP) is 6.58. The molecular formula is C30H29BrF3N9O. The van der Waals surface area contributed by atoms with Gasteiger partial charge in [-0.25, -0.2) is 4.99 Å². The van der Waals surface area contributed by atoms with Gasteiger partial charge in [0.1, 0.15) is 0 Å². The van der Waals surface area contributed by atoms with Crippen LogP contribution < -0.4 is 21.3 Å². The Kier molecular flexibility index (Phi) is 9.70. The molecule has 5 N–H and O–H groups in total. The summed E-state index contributed by atoms with van der Waals surface area (Å²) in [5.74, 6) is -0.112. The monoisotopic (exact) mass is 667 g/mol. The van der Waals surface area contributed by atoms with Crippen molar-refractivity contribution in [2.45, 2.75) is 38.4 Å². The lowest BCUT2D eigenvalue weighted by Gasteiger charge is -2.28. The number of tetrazole rings is 1.